The maximum atomic E-state index is 3.76. The van der Waals surface area contributed by atoms with E-state index < -0.39 is 0 Å². The van der Waals surface area contributed by atoms with Crippen LogP contribution >= 0.6 is 47.8 Å². The molecule has 0 N–H and O–H groups in total. The number of alkyl halides is 3. The van der Waals surface area contributed by atoms with Crippen LogP contribution in [0.4, 0.5) is 0 Å². The first-order valence-corrected chi connectivity index (χ1v) is 7.28. The van der Waals surface area contributed by atoms with Crippen molar-refractivity contribution < 1.29 is 0 Å². The summed E-state index contributed by atoms with van der Waals surface area (Å²) < 4.78 is 0. The van der Waals surface area contributed by atoms with Gasteiger partial charge < -0.3 is 0 Å². The summed E-state index contributed by atoms with van der Waals surface area (Å²) in [5.74, 6) is 0.869. The summed E-state index contributed by atoms with van der Waals surface area (Å²) in [6, 6.07) is 0. The molecule has 2 unspecified atom stereocenters. The van der Waals surface area contributed by atoms with E-state index in [9.17, 15) is 0 Å². The summed E-state index contributed by atoms with van der Waals surface area (Å²) >= 11 is 11.1. The van der Waals surface area contributed by atoms with Crippen molar-refractivity contribution in [1.82, 2.24) is 0 Å². The number of hydrogen-bond donors (Lipinski definition) is 0. The molecule has 0 aromatic heterocycles. The van der Waals surface area contributed by atoms with Gasteiger partial charge in [0.05, 0.1) is 0 Å². The molecule has 0 amide bonds. The average Bonchev–Trinajstić information content (AvgIpc) is 2.04. The van der Waals surface area contributed by atoms with Crippen molar-refractivity contribution in [1.29, 1.82) is 0 Å². The van der Waals surface area contributed by atoms with Crippen molar-refractivity contribution in [3.8, 4) is 0 Å². The second-order valence-electron chi connectivity index (χ2n) is 3.63. The molecule has 0 saturated heterocycles. The first-order valence-electron chi connectivity index (χ1n) is 4.53. The van der Waals surface area contributed by atoms with Crippen LogP contribution in [0, 0.1) is 5.92 Å². The lowest BCUT2D eigenvalue weighted by Gasteiger charge is -2.30. The van der Waals surface area contributed by atoms with Gasteiger partial charge in [-0.15, -0.1) is 0 Å². The van der Waals surface area contributed by atoms with Crippen molar-refractivity contribution in [2.24, 2.45) is 5.92 Å². The fourth-order valence-corrected chi connectivity index (χ4v) is 3.26. The monoisotopic (exact) mass is 360 g/mol. The smallest absolute Gasteiger partial charge is 0.0296 e. The van der Waals surface area contributed by atoms with E-state index in [0.29, 0.717) is 9.65 Å². The minimum Gasteiger partial charge on any atom is -0.0891 e. The van der Waals surface area contributed by atoms with Crippen LogP contribution in [0.15, 0.2) is 0 Å². The molecule has 0 heterocycles. The summed E-state index contributed by atoms with van der Waals surface area (Å²) in [4.78, 5) is 2.02. The summed E-state index contributed by atoms with van der Waals surface area (Å²) in [5, 5.41) is 0. The van der Waals surface area contributed by atoms with Crippen LogP contribution in [0.25, 0.3) is 0 Å². The van der Waals surface area contributed by atoms with Crippen LogP contribution in [0.5, 0.6) is 0 Å². The van der Waals surface area contributed by atoms with E-state index in [-0.39, 0.29) is 0 Å². The van der Waals surface area contributed by atoms with Crippen LogP contribution in [0.2, 0.25) is 0 Å². The Hall–Kier alpha value is 1.44. The summed E-state index contributed by atoms with van der Waals surface area (Å²) in [5.41, 5.74) is 0. The van der Waals surface area contributed by atoms with Crippen LogP contribution in [-0.2, 0) is 0 Å². The predicted octanol–water partition coefficient (Wildman–Crippen LogP) is 4.49. The Morgan fingerprint density at radius 2 is 1.58 bits per heavy atom. The molecule has 1 saturated carbocycles. The first kappa shape index (κ1) is 11.5. The second kappa shape index (κ2) is 5.35. The molecule has 0 aromatic rings. The molecule has 0 nitrogen and oxygen atoms in total. The zero-order valence-corrected chi connectivity index (χ0v) is 12.0. The van der Waals surface area contributed by atoms with Gasteiger partial charge in [-0.1, -0.05) is 54.7 Å². The Balaban J connectivity index is 2.34. The second-order valence-corrected chi connectivity index (χ2v) is 7.43. The van der Waals surface area contributed by atoms with Gasteiger partial charge in [0.15, 0.2) is 0 Å². The van der Waals surface area contributed by atoms with Gasteiger partial charge in [0.2, 0.25) is 0 Å². The Bertz CT molecular complexity index is 128. The lowest BCUT2D eigenvalue weighted by Crippen LogP contribution is -2.26. The molecular weight excluding hydrogens is 348 g/mol. The molecule has 0 spiro atoms. The normalized spacial score (nSPS) is 36.0. The third kappa shape index (κ3) is 3.30. The summed E-state index contributed by atoms with van der Waals surface area (Å²) in [6.45, 7) is 2.22. The average molecular weight is 363 g/mol. The van der Waals surface area contributed by atoms with Gasteiger partial charge in [-0.2, -0.15) is 0 Å². The minimum absolute atomic E-state index is 0.592. The zero-order chi connectivity index (χ0) is 9.14. The van der Waals surface area contributed by atoms with Gasteiger partial charge in [-0.05, 0) is 31.6 Å². The Kier molecular flexibility index (Phi) is 5.14. The standard InChI is InChI=1S/C9H15Br3/c1-6(10)9(12)7-2-4-8(11)5-3-7/h6-9H,2-5H2,1H3. The highest BCUT2D eigenvalue weighted by Crippen LogP contribution is 2.36. The quantitative estimate of drug-likeness (QED) is 0.635. The maximum Gasteiger partial charge on any atom is 0.0296 e. The van der Waals surface area contributed by atoms with Crippen LogP contribution in [0.3, 0.4) is 0 Å². The number of rotatable bonds is 2. The van der Waals surface area contributed by atoms with Crippen molar-refractivity contribution in [3.05, 3.63) is 0 Å². The van der Waals surface area contributed by atoms with E-state index in [1.54, 1.807) is 0 Å². The Morgan fingerprint density at radius 1 is 1.08 bits per heavy atom. The van der Waals surface area contributed by atoms with Gasteiger partial charge in [0.1, 0.15) is 0 Å². The number of halogens is 3. The molecule has 1 aliphatic carbocycles. The maximum absolute atomic E-state index is 3.76. The first-order chi connectivity index (χ1) is 5.61. The molecule has 0 aliphatic heterocycles. The van der Waals surface area contributed by atoms with Gasteiger partial charge in [-0.3, -0.25) is 0 Å². The molecule has 3 heteroatoms. The van der Waals surface area contributed by atoms with Crippen LogP contribution < -0.4 is 0 Å². The van der Waals surface area contributed by atoms with Crippen molar-refractivity contribution >= 4 is 47.8 Å². The lowest BCUT2D eigenvalue weighted by molar-refractivity contribution is 0.361. The van der Waals surface area contributed by atoms with Crippen LogP contribution in [-0.4, -0.2) is 14.5 Å². The molecule has 0 aromatic carbocycles. The van der Waals surface area contributed by atoms with Crippen molar-refractivity contribution in [2.75, 3.05) is 0 Å². The van der Waals surface area contributed by atoms with Gasteiger partial charge in [0, 0.05) is 14.5 Å². The third-order valence-electron chi connectivity index (χ3n) is 2.59. The number of hydrogen-bond acceptors (Lipinski definition) is 0. The van der Waals surface area contributed by atoms with E-state index in [4.69, 9.17) is 0 Å². The summed E-state index contributed by atoms with van der Waals surface area (Å²) in [7, 11) is 0. The van der Waals surface area contributed by atoms with Crippen molar-refractivity contribution in [2.45, 2.75) is 47.1 Å². The van der Waals surface area contributed by atoms with Gasteiger partial charge >= 0.3 is 0 Å². The molecule has 12 heavy (non-hydrogen) atoms. The van der Waals surface area contributed by atoms with E-state index in [1.165, 1.54) is 25.7 Å². The molecule has 0 bridgehead atoms. The highest BCUT2D eigenvalue weighted by molar-refractivity contribution is 9.12. The Morgan fingerprint density at radius 3 is 2.00 bits per heavy atom. The van der Waals surface area contributed by atoms with Crippen LogP contribution in [0.1, 0.15) is 32.6 Å². The van der Waals surface area contributed by atoms with E-state index in [1.807, 2.05) is 0 Å². The van der Waals surface area contributed by atoms with Crippen molar-refractivity contribution in [3.63, 3.8) is 0 Å². The molecule has 72 valence electrons. The van der Waals surface area contributed by atoms with E-state index in [2.05, 4.69) is 54.7 Å². The van der Waals surface area contributed by atoms with E-state index >= 15 is 0 Å². The fraction of sp³-hybridized carbons (Fsp3) is 1.00. The molecular formula is C9H15Br3. The highest BCUT2D eigenvalue weighted by Gasteiger charge is 2.27. The zero-order valence-electron chi connectivity index (χ0n) is 7.27. The largest absolute Gasteiger partial charge is 0.0891 e. The molecule has 0 radical (unpaired) electrons. The predicted molar refractivity (Wildman–Crippen MR) is 65.8 cm³/mol. The summed E-state index contributed by atoms with van der Waals surface area (Å²) in [6.07, 6.45) is 5.41. The molecule has 2 atom stereocenters. The Labute approximate surface area is 100 Å². The molecule has 1 fully saturated rings. The highest BCUT2D eigenvalue weighted by atomic mass is 79.9. The fourth-order valence-electron chi connectivity index (χ4n) is 1.77. The third-order valence-corrected chi connectivity index (χ3v) is 6.33. The minimum atomic E-state index is 0.592. The SMILES string of the molecule is CC(Br)C(Br)C1CCC(Br)CC1. The van der Waals surface area contributed by atoms with Gasteiger partial charge in [0.25, 0.3) is 0 Å². The molecule has 1 rings (SSSR count). The molecule has 1 aliphatic rings. The lowest BCUT2D eigenvalue weighted by atomic mass is 9.86. The topological polar surface area (TPSA) is 0 Å². The van der Waals surface area contributed by atoms with E-state index in [0.717, 1.165) is 10.7 Å². The van der Waals surface area contributed by atoms with Gasteiger partial charge in [-0.25, -0.2) is 0 Å².